The number of thiazole rings is 1. The van der Waals surface area contributed by atoms with Crippen molar-refractivity contribution in [3.05, 3.63) is 20.7 Å². The van der Waals surface area contributed by atoms with Crippen LogP contribution in [0.3, 0.4) is 0 Å². The van der Waals surface area contributed by atoms with Crippen molar-refractivity contribution in [2.24, 2.45) is 0 Å². The molecule has 0 bridgehead atoms. The van der Waals surface area contributed by atoms with Crippen LogP contribution in [-0.4, -0.2) is 11.5 Å². The number of rotatable bonds is 10. The van der Waals surface area contributed by atoms with Gasteiger partial charge in [0.25, 0.3) is 0 Å². The molecular weight excluding hydrogens is 232 g/mol. The molecule has 1 rings (SSSR count). The monoisotopic (exact) mass is 256 g/mol. The second-order valence-electron chi connectivity index (χ2n) is 4.47. The van der Waals surface area contributed by atoms with Gasteiger partial charge in [-0.15, -0.1) is 0 Å². The van der Waals surface area contributed by atoms with Crippen molar-refractivity contribution in [3.8, 4) is 0 Å². The van der Waals surface area contributed by atoms with Crippen LogP contribution in [-0.2, 0) is 6.54 Å². The Morgan fingerprint density at radius 2 is 1.88 bits per heavy atom. The van der Waals surface area contributed by atoms with Gasteiger partial charge in [0.1, 0.15) is 0 Å². The number of nitrogens with one attached hydrogen (secondary N) is 2. The zero-order valence-electron chi connectivity index (χ0n) is 10.8. The van der Waals surface area contributed by atoms with E-state index in [4.69, 9.17) is 0 Å². The van der Waals surface area contributed by atoms with Crippen LogP contribution in [0.5, 0.6) is 0 Å². The van der Waals surface area contributed by atoms with Gasteiger partial charge in [0.15, 0.2) is 0 Å². The van der Waals surface area contributed by atoms with Crippen LogP contribution in [0.15, 0.2) is 10.2 Å². The summed E-state index contributed by atoms with van der Waals surface area (Å²) in [6.07, 6.45) is 9.38. The molecule has 0 aliphatic heterocycles. The van der Waals surface area contributed by atoms with Crippen molar-refractivity contribution in [1.82, 2.24) is 10.3 Å². The number of hydrogen-bond donors (Lipinski definition) is 2. The van der Waals surface area contributed by atoms with Crippen molar-refractivity contribution < 1.29 is 0 Å². The molecule has 0 aliphatic carbocycles. The van der Waals surface area contributed by atoms with Gasteiger partial charge < -0.3 is 10.3 Å². The Labute approximate surface area is 108 Å². The predicted molar refractivity (Wildman–Crippen MR) is 74.6 cm³/mol. The van der Waals surface area contributed by atoms with Crippen LogP contribution < -0.4 is 10.2 Å². The highest BCUT2D eigenvalue weighted by molar-refractivity contribution is 7.07. The third-order valence-electron chi connectivity index (χ3n) is 2.84. The fourth-order valence-corrected chi connectivity index (χ4v) is 2.41. The van der Waals surface area contributed by atoms with E-state index in [-0.39, 0.29) is 4.87 Å². The SMILES string of the molecule is CCCCCCCCCNCc1csc(=O)[nH]1. The summed E-state index contributed by atoms with van der Waals surface area (Å²) in [6, 6.07) is 0. The minimum atomic E-state index is 0.0396. The lowest BCUT2D eigenvalue weighted by Gasteiger charge is -2.03. The largest absolute Gasteiger partial charge is 0.315 e. The van der Waals surface area contributed by atoms with Crippen LogP contribution in [0, 0.1) is 0 Å². The third-order valence-corrected chi connectivity index (χ3v) is 3.56. The summed E-state index contributed by atoms with van der Waals surface area (Å²) in [5.74, 6) is 0. The summed E-state index contributed by atoms with van der Waals surface area (Å²) in [5.41, 5.74) is 1.00. The summed E-state index contributed by atoms with van der Waals surface area (Å²) >= 11 is 1.23. The minimum Gasteiger partial charge on any atom is -0.315 e. The first-order valence-corrected chi connectivity index (χ1v) is 7.58. The van der Waals surface area contributed by atoms with E-state index in [1.165, 1.54) is 56.3 Å². The molecule has 0 radical (unpaired) electrons. The molecule has 0 saturated carbocycles. The Morgan fingerprint density at radius 1 is 1.18 bits per heavy atom. The van der Waals surface area contributed by atoms with Gasteiger partial charge in [0.05, 0.1) is 0 Å². The molecule has 3 nitrogen and oxygen atoms in total. The Bertz CT molecular complexity index is 332. The first kappa shape index (κ1) is 14.5. The lowest BCUT2D eigenvalue weighted by Crippen LogP contribution is -2.15. The summed E-state index contributed by atoms with van der Waals surface area (Å²) in [7, 11) is 0. The zero-order valence-corrected chi connectivity index (χ0v) is 11.6. The molecule has 0 aromatic carbocycles. The Kier molecular flexibility index (Phi) is 8.01. The van der Waals surface area contributed by atoms with Crippen LogP contribution >= 0.6 is 11.3 Å². The lowest BCUT2D eigenvalue weighted by molar-refractivity contribution is 0.561. The first-order chi connectivity index (χ1) is 8.33. The highest BCUT2D eigenvalue weighted by atomic mass is 32.1. The van der Waals surface area contributed by atoms with Crippen molar-refractivity contribution in [1.29, 1.82) is 0 Å². The molecule has 4 heteroatoms. The van der Waals surface area contributed by atoms with Gasteiger partial charge in [0, 0.05) is 17.6 Å². The van der Waals surface area contributed by atoms with E-state index < -0.39 is 0 Å². The first-order valence-electron chi connectivity index (χ1n) is 6.70. The predicted octanol–water partition coefficient (Wildman–Crippen LogP) is 3.28. The van der Waals surface area contributed by atoms with Gasteiger partial charge in [-0.3, -0.25) is 4.79 Å². The lowest BCUT2D eigenvalue weighted by atomic mass is 10.1. The van der Waals surface area contributed by atoms with E-state index in [0.29, 0.717) is 0 Å². The van der Waals surface area contributed by atoms with Crippen molar-refractivity contribution in [2.75, 3.05) is 6.54 Å². The second kappa shape index (κ2) is 9.42. The standard InChI is InChI=1S/C13H24N2OS/c1-2-3-4-5-6-7-8-9-14-10-12-11-17-13(16)15-12/h11,14H,2-10H2,1H3,(H,15,16). The minimum absolute atomic E-state index is 0.0396. The molecule has 0 aliphatic rings. The van der Waals surface area contributed by atoms with E-state index in [1.807, 2.05) is 5.38 Å². The van der Waals surface area contributed by atoms with Crippen LogP contribution in [0.25, 0.3) is 0 Å². The number of aromatic nitrogens is 1. The van der Waals surface area contributed by atoms with Gasteiger partial charge in [-0.1, -0.05) is 56.8 Å². The normalized spacial score (nSPS) is 10.9. The van der Waals surface area contributed by atoms with Crippen molar-refractivity contribution >= 4 is 11.3 Å². The summed E-state index contributed by atoms with van der Waals surface area (Å²) in [6.45, 7) is 4.08. The van der Waals surface area contributed by atoms with Gasteiger partial charge in [-0.25, -0.2) is 0 Å². The molecular formula is C13H24N2OS. The van der Waals surface area contributed by atoms with E-state index in [0.717, 1.165) is 18.8 Å². The highest BCUT2D eigenvalue weighted by Gasteiger charge is 1.95. The molecule has 0 spiro atoms. The molecule has 98 valence electrons. The van der Waals surface area contributed by atoms with E-state index >= 15 is 0 Å². The van der Waals surface area contributed by atoms with Gasteiger partial charge in [0.2, 0.25) is 0 Å². The Morgan fingerprint density at radius 3 is 2.53 bits per heavy atom. The maximum Gasteiger partial charge on any atom is 0.304 e. The molecule has 0 unspecified atom stereocenters. The summed E-state index contributed by atoms with van der Waals surface area (Å²) < 4.78 is 0. The Balaban J connectivity index is 1.86. The molecule has 1 aromatic rings. The van der Waals surface area contributed by atoms with E-state index in [1.54, 1.807) is 0 Å². The van der Waals surface area contributed by atoms with Gasteiger partial charge in [-0.2, -0.15) is 0 Å². The van der Waals surface area contributed by atoms with Crippen LogP contribution in [0.1, 0.15) is 57.6 Å². The molecule has 0 fully saturated rings. The maximum atomic E-state index is 10.9. The van der Waals surface area contributed by atoms with Crippen LogP contribution in [0.4, 0.5) is 0 Å². The summed E-state index contributed by atoms with van der Waals surface area (Å²) in [4.78, 5) is 13.7. The van der Waals surface area contributed by atoms with Crippen LogP contribution in [0.2, 0.25) is 0 Å². The molecule has 2 N–H and O–H groups in total. The molecule has 1 heterocycles. The zero-order chi connectivity index (χ0) is 12.3. The fourth-order valence-electron chi connectivity index (χ4n) is 1.83. The number of aromatic amines is 1. The highest BCUT2D eigenvalue weighted by Crippen LogP contribution is 2.06. The molecule has 1 aromatic heterocycles. The smallest absolute Gasteiger partial charge is 0.304 e. The average Bonchev–Trinajstić information content (AvgIpc) is 2.73. The molecule has 0 amide bonds. The van der Waals surface area contributed by atoms with E-state index in [2.05, 4.69) is 17.2 Å². The quantitative estimate of drug-likeness (QED) is 0.631. The molecule has 17 heavy (non-hydrogen) atoms. The number of H-pyrrole nitrogens is 1. The molecule has 0 saturated heterocycles. The van der Waals surface area contributed by atoms with Gasteiger partial charge >= 0.3 is 4.87 Å². The number of hydrogen-bond acceptors (Lipinski definition) is 3. The average molecular weight is 256 g/mol. The topological polar surface area (TPSA) is 44.9 Å². The third kappa shape index (κ3) is 7.34. The Hall–Kier alpha value is -0.610. The maximum absolute atomic E-state index is 10.9. The molecule has 0 atom stereocenters. The fraction of sp³-hybridized carbons (Fsp3) is 0.769. The second-order valence-corrected chi connectivity index (χ2v) is 5.31. The van der Waals surface area contributed by atoms with Gasteiger partial charge in [-0.05, 0) is 13.0 Å². The summed E-state index contributed by atoms with van der Waals surface area (Å²) in [5, 5.41) is 5.24. The van der Waals surface area contributed by atoms with Crippen molar-refractivity contribution in [2.45, 2.75) is 58.4 Å². The van der Waals surface area contributed by atoms with E-state index in [9.17, 15) is 4.79 Å². The van der Waals surface area contributed by atoms with Crippen molar-refractivity contribution in [3.63, 3.8) is 0 Å². The number of unbranched alkanes of at least 4 members (excludes halogenated alkanes) is 6.